The monoisotopic (exact) mass is 2160 g/mol. The van der Waals surface area contributed by atoms with E-state index in [0.717, 1.165) is 106 Å². The van der Waals surface area contributed by atoms with E-state index in [-0.39, 0.29) is 60.3 Å². The topological polar surface area (TPSA) is 117 Å². The molecule has 120 heavy (non-hydrogen) atoms. The molecule has 0 saturated carbocycles. The van der Waals surface area contributed by atoms with E-state index in [0.29, 0.717) is 17.8 Å². The summed E-state index contributed by atoms with van der Waals surface area (Å²) in [7, 11) is -4.35. The van der Waals surface area contributed by atoms with Gasteiger partial charge in [-0.25, -0.2) is 0 Å². The fourth-order valence-electron chi connectivity index (χ4n) is 14.0. The Morgan fingerprint density at radius 2 is 0.692 bits per heavy atom. The zero-order valence-corrected chi connectivity index (χ0v) is 81.8. The number of rotatable bonds is 12. The number of pyridine rings is 6. The molecule has 0 saturated heterocycles. The van der Waals surface area contributed by atoms with E-state index in [1.807, 2.05) is 152 Å². The third-order valence-corrected chi connectivity index (χ3v) is 26.7. The number of furan rings is 3. The van der Waals surface area contributed by atoms with Crippen LogP contribution in [0.15, 0.2) is 287 Å². The molecule has 9 aromatic heterocycles. The van der Waals surface area contributed by atoms with Gasteiger partial charge in [0.05, 0.1) is 32.9 Å². The van der Waals surface area contributed by atoms with E-state index in [1.165, 1.54) is 75.9 Å². The van der Waals surface area contributed by atoms with Gasteiger partial charge in [0.1, 0.15) is 16.7 Å². The molecule has 3 radical (unpaired) electrons. The van der Waals surface area contributed by atoms with Crippen LogP contribution in [0, 0.1) is 57.2 Å². The molecule has 0 N–H and O–H groups in total. The predicted molar refractivity (Wildman–Crippen MR) is 498 cm³/mol. The van der Waals surface area contributed by atoms with Gasteiger partial charge < -0.3 is 43.2 Å². The van der Waals surface area contributed by atoms with Gasteiger partial charge in [-0.15, -0.1) is 161 Å². The maximum absolute atomic E-state index is 6.26. The SMILES string of the molecule is CC(C)c1ccc(-c2[c-]cccc2)nc1.CC(C)c1ccc(-c2[c-]cccc2)nc1.CC(C)c1ccc(-c2[c-]cccc2)nc1.Cc1ccnc(-c2[c-]cc([Si](C)(C)C)c3c2oc2ccccc23)c1.Cc1ccnc(-c2[c-]ccc3c2oc2ccc([Si](C)(C)C)cc23)c1.Cc1ccnc(-c2[c-]ccc3c2oc2cccc([Si](C)(C)C)c23)c1.[Ir].[Ir].[Ir]. The average molecular weight is 2160 g/mol. The Labute approximate surface area is 752 Å². The van der Waals surface area contributed by atoms with Crippen molar-refractivity contribution in [2.45, 2.75) is 139 Å². The van der Waals surface area contributed by atoms with Crippen molar-refractivity contribution in [2.24, 2.45) is 0 Å². The standard InChI is InChI=1S/3C21H20NOSi.3C14H14N.3Ir/c1-14-11-12-22-17(13-14)15-7-5-8-16-20-18(23-21(15)16)9-6-10-19(20)24(2,3)4;1-14-10-11-22-19(12-14)17-7-5-6-16-18-13-15(24(2,3)4)8-9-20(18)23-21(16)17;1-14-11-12-22-17(13-14)15-9-10-19(24(2,3)4)20-16-7-5-6-8-18(16)23-21(15)20;3*1-11(2)13-8-9-14(15-10-13)12-6-4-3-5-7-12;;;/h2*5-6,8-13H,1-4H3;5-8,10-13H,1-4H3;3*3-6,8-11H,1-2H3;;;/q6*-1;;;. The molecule has 18 rings (SSSR count). The van der Waals surface area contributed by atoms with Gasteiger partial charge in [-0.05, 0) is 126 Å². The van der Waals surface area contributed by atoms with Crippen molar-refractivity contribution in [1.82, 2.24) is 29.9 Å². The normalized spacial score (nSPS) is 11.3. The van der Waals surface area contributed by atoms with Crippen LogP contribution in [0.1, 0.15) is 92.7 Å². The Morgan fingerprint density at radius 3 is 1.10 bits per heavy atom. The van der Waals surface area contributed by atoms with E-state index in [1.54, 1.807) is 0 Å². The van der Waals surface area contributed by atoms with Crippen molar-refractivity contribution in [2.75, 3.05) is 0 Å². The van der Waals surface area contributed by atoms with E-state index in [9.17, 15) is 0 Å². The average Bonchev–Trinajstić information content (AvgIpc) is 1.58. The van der Waals surface area contributed by atoms with E-state index in [2.05, 4.69) is 309 Å². The Bertz CT molecular complexity index is 6190. The van der Waals surface area contributed by atoms with Gasteiger partial charge in [-0.2, -0.15) is 0 Å². The molecule has 0 atom stereocenters. The molecule has 0 unspecified atom stereocenters. The van der Waals surface area contributed by atoms with Gasteiger partial charge in [0.25, 0.3) is 0 Å². The predicted octanol–water partition coefficient (Wildman–Crippen LogP) is 26.9. The number of fused-ring (bicyclic) bond motifs is 9. The molecule has 18 aromatic rings. The van der Waals surface area contributed by atoms with Crippen LogP contribution in [-0.2, 0) is 60.3 Å². The van der Waals surface area contributed by atoms with Crippen LogP contribution in [0.2, 0.25) is 58.9 Å². The van der Waals surface area contributed by atoms with E-state index in [4.69, 9.17) is 13.3 Å². The second-order valence-electron chi connectivity index (χ2n) is 33.8. The second kappa shape index (κ2) is 41.0. The molecule has 0 aliphatic rings. The first-order valence-corrected chi connectivity index (χ1v) is 50.8. The number of aromatic nitrogens is 6. The first-order chi connectivity index (χ1) is 56.1. The van der Waals surface area contributed by atoms with Crippen LogP contribution < -0.4 is 15.6 Å². The van der Waals surface area contributed by atoms with Crippen molar-refractivity contribution >= 4 is 106 Å². The molecule has 0 spiro atoms. The van der Waals surface area contributed by atoms with Crippen molar-refractivity contribution in [3.05, 3.63) is 344 Å². The zero-order chi connectivity index (χ0) is 82.7. The van der Waals surface area contributed by atoms with E-state index >= 15 is 0 Å². The molecule has 0 aliphatic heterocycles. The van der Waals surface area contributed by atoms with Crippen LogP contribution in [-0.4, -0.2) is 54.1 Å². The van der Waals surface area contributed by atoms with Crippen LogP contribution in [0.4, 0.5) is 0 Å². The largest absolute Gasteiger partial charge is 0.501 e. The number of hydrogen-bond acceptors (Lipinski definition) is 9. The van der Waals surface area contributed by atoms with Gasteiger partial charge in [0.2, 0.25) is 0 Å². The summed E-state index contributed by atoms with van der Waals surface area (Å²) in [6.07, 6.45) is 11.4. The van der Waals surface area contributed by atoms with Gasteiger partial charge in [0.15, 0.2) is 0 Å². The van der Waals surface area contributed by atoms with Crippen LogP contribution >= 0.6 is 0 Å². The minimum atomic E-state index is -1.53. The first-order valence-electron chi connectivity index (χ1n) is 40.3. The fraction of sp³-hybridized carbons (Fsp3) is 0.200. The maximum atomic E-state index is 6.26. The fourth-order valence-corrected chi connectivity index (χ4v) is 18.2. The minimum Gasteiger partial charge on any atom is -0.501 e. The van der Waals surface area contributed by atoms with Crippen molar-refractivity contribution in [3.8, 4) is 67.5 Å². The molecular formula is C105H102Ir3N6O3Si3-6. The Hall–Kier alpha value is -10.1. The Kier molecular flexibility index (Phi) is 31.5. The second-order valence-corrected chi connectivity index (χ2v) is 48.9. The van der Waals surface area contributed by atoms with Gasteiger partial charge in [-0.3, -0.25) is 0 Å². The van der Waals surface area contributed by atoms with Crippen molar-refractivity contribution < 1.29 is 73.6 Å². The molecule has 9 aromatic carbocycles. The smallest absolute Gasteiger partial charge is 0.120 e. The maximum Gasteiger partial charge on any atom is 0.120 e. The quantitative estimate of drug-likeness (QED) is 0.0871. The molecule has 0 fully saturated rings. The summed E-state index contributed by atoms with van der Waals surface area (Å²) in [4.78, 5) is 26.9. The number of para-hydroxylation sites is 1. The zero-order valence-electron chi connectivity index (χ0n) is 71.6. The molecule has 0 aliphatic carbocycles. The summed E-state index contributed by atoms with van der Waals surface area (Å²) in [5.41, 5.74) is 24.5. The summed E-state index contributed by atoms with van der Waals surface area (Å²) in [5, 5.41) is 11.5. The van der Waals surface area contributed by atoms with Gasteiger partial charge in [0, 0.05) is 122 Å². The summed E-state index contributed by atoms with van der Waals surface area (Å²) >= 11 is 0. The van der Waals surface area contributed by atoms with E-state index < -0.39 is 24.2 Å². The first kappa shape index (κ1) is 92.2. The summed E-state index contributed by atoms with van der Waals surface area (Å²) in [5.74, 6) is 1.60. The molecular weight excluding hydrogens is 2050 g/mol. The molecule has 9 heterocycles. The van der Waals surface area contributed by atoms with Crippen molar-refractivity contribution in [1.29, 1.82) is 0 Å². The molecule has 0 bridgehead atoms. The van der Waals surface area contributed by atoms with Crippen LogP contribution in [0.5, 0.6) is 0 Å². The molecule has 9 nitrogen and oxygen atoms in total. The van der Waals surface area contributed by atoms with Gasteiger partial charge in [-0.1, -0.05) is 257 Å². The molecule has 15 heteroatoms. The number of aryl methyl sites for hydroxylation is 3. The number of hydrogen-bond donors (Lipinski definition) is 0. The Morgan fingerprint density at radius 1 is 0.292 bits per heavy atom. The summed E-state index contributed by atoms with van der Waals surface area (Å²) in [6, 6.07) is 99.8. The van der Waals surface area contributed by atoms with Crippen molar-refractivity contribution in [3.63, 3.8) is 0 Å². The Balaban J connectivity index is 0.000000153. The molecule has 0 amide bonds. The van der Waals surface area contributed by atoms with Crippen LogP contribution in [0.25, 0.3) is 133 Å². The number of nitrogens with zero attached hydrogens (tertiary/aromatic N) is 6. The van der Waals surface area contributed by atoms with Crippen LogP contribution in [0.3, 0.4) is 0 Å². The molecule has 615 valence electrons. The number of benzene rings is 9. The summed E-state index contributed by atoms with van der Waals surface area (Å²) in [6.45, 7) is 40.6. The summed E-state index contributed by atoms with van der Waals surface area (Å²) < 4.78 is 18.7. The third kappa shape index (κ3) is 22.3. The third-order valence-electron chi connectivity index (χ3n) is 20.7. The van der Waals surface area contributed by atoms with Gasteiger partial charge >= 0.3 is 0 Å². The minimum absolute atomic E-state index is 0.